The molecular formula is C14H21N3O4. The first kappa shape index (κ1) is 16.9. The summed E-state index contributed by atoms with van der Waals surface area (Å²) >= 11 is 0. The molecule has 0 atom stereocenters. The second-order valence-electron chi connectivity index (χ2n) is 4.82. The fraction of sp³-hybridized carbons (Fsp3) is 0.500. The molecule has 21 heavy (non-hydrogen) atoms. The van der Waals surface area contributed by atoms with E-state index in [2.05, 4.69) is 15.6 Å². The minimum Gasteiger partial charge on any atom is -0.478 e. The van der Waals surface area contributed by atoms with E-state index in [1.165, 1.54) is 12.1 Å². The number of carbonyl (C=O) groups is 2. The molecule has 0 aromatic carbocycles. The smallest absolute Gasteiger partial charge is 0.335 e. The van der Waals surface area contributed by atoms with Gasteiger partial charge in [0.25, 0.3) is 0 Å². The molecule has 1 aromatic heterocycles. The largest absolute Gasteiger partial charge is 0.478 e. The number of nitrogens with zero attached hydrogens (tertiary/aromatic N) is 1. The lowest BCUT2D eigenvalue weighted by atomic mass is 10.1. The standard InChI is InChI=1S/C14H21N3O4/c1-9(2)11-6-10(14(19)20)7-12(17-11)16-8-13(18)15-4-5-21-3/h6-7,9H,4-5,8H2,1-3H3,(H,15,18)(H,16,17)(H,19,20). The van der Waals surface area contributed by atoms with Crippen LogP contribution in [0, 0.1) is 0 Å². The molecule has 0 saturated carbocycles. The van der Waals surface area contributed by atoms with Crippen molar-refractivity contribution in [2.75, 3.05) is 32.1 Å². The zero-order valence-corrected chi connectivity index (χ0v) is 12.5. The monoisotopic (exact) mass is 295 g/mol. The van der Waals surface area contributed by atoms with Gasteiger partial charge >= 0.3 is 5.97 Å². The Labute approximate surface area is 123 Å². The van der Waals surface area contributed by atoms with Crippen LogP contribution in [0.2, 0.25) is 0 Å². The zero-order chi connectivity index (χ0) is 15.8. The van der Waals surface area contributed by atoms with Gasteiger partial charge in [0.05, 0.1) is 18.7 Å². The summed E-state index contributed by atoms with van der Waals surface area (Å²) in [6.45, 7) is 4.74. The normalized spacial score (nSPS) is 10.5. The number of aromatic carboxylic acids is 1. The van der Waals surface area contributed by atoms with Gasteiger partial charge in [-0.3, -0.25) is 4.79 Å². The van der Waals surface area contributed by atoms with Crippen molar-refractivity contribution in [1.82, 2.24) is 10.3 Å². The highest BCUT2D eigenvalue weighted by molar-refractivity contribution is 5.89. The van der Waals surface area contributed by atoms with Gasteiger partial charge in [0.1, 0.15) is 5.82 Å². The number of anilines is 1. The lowest BCUT2D eigenvalue weighted by molar-refractivity contribution is -0.119. The Bertz CT molecular complexity index is 503. The third-order valence-electron chi connectivity index (χ3n) is 2.74. The van der Waals surface area contributed by atoms with Crippen molar-refractivity contribution in [2.45, 2.75) is 19.8 Å². The number of carbonyl (C=O) groups excluding carboxylic acids is 1. The van der Waals surface area contributed by atoms with E-state index in [4.69, 9.17) is 9.84 Å². The van der Waals surface area contributed by atoms with Crippen molar-refractivity contribution in [2.24, 2.45) is 0 Å². The van der Waals surface area contributed by atoms with Crippen LogP contribution in [0.1, 0.15) is 35.8 Å². The molecule has 7 heteroatoms. The van der Waals surface area contributed by atoms with Gasteiger partial charge in [-0.15, -0.1) is 0 Å². The second-order valence-corrected chi connectivity index (χ2v) is 4.82. The van der Waals surface area contributed by atoms with Crippen LogP contribution in [0.15, 0.2) is 12.1 Å². The van der Waals surface area contributed by atoms with Crippen LogP contribution in [0.4, 0.5) is 5.82 Å². The number of rotatable bonds is 8. The van der Waals surface area contributed by atoms with E-state index in [9.17, 15) is 9.59 Å². The van der Waals surface area contributed by atoms with Crippen LogP contribution in [-0.2, 0) is 9.53 Å². The highest BCUT2D eigenvalue weighted by Crippen LogP contribution is 2.17. The van der Waals surface area contributed by atoms with Crippen LogP contribution < -0.4 is 10.6 Å². The average Bonchev–Trinajstić information content (AvgIpc) is 2.45. The summed E-state index contributed by atoms with van der Waals surface area (Å²) in [6, 6.07) is 2.95. The lowest BCUT2D eigenvalue weighted by Crippen LogP contribution is -2.32. The fourth-order valence-electron chi connectivity index (χ4n) is 1.59. The summed E-state index contributed by atoms with van der Waals surface area (Å²) in [6.07, 6.45) is 0. The summed E-state index contributed by atoms with van der Waals surface area (Å²) in [4.78, 5) is 27.0. The van der Waals surface area contributed by atoms with E-state index in [0.717, 1.165) is 0 Å². The fourth-order valence-corrected chi connectivity index (χ4v) is 1.59. The molecule has 1 aromatic rings. The van der Waals surface area contributed by atoms with Gasteiger partial charge < -0.3 is 20.5 Å². The Morgan fingerprint density at radius 3 is 2.67 bits per heavy atom. The first-order chi connectivity index (χ1) is 9.93. The first-order valence-corrected chi connectivity index (χ1v) is 6.68. The number of methoxy groups -OCH3 is 1. The first-order valence-electron chi connectivity index (χ1n) is 6.68. The molecule has 0 bridgehead atoms. The van der Waals surface area contributed by atoms with E-state index < -0.39 is 5.97 Å². The van der Waals surface area contributed by atoms with Crippen LogP contribution in [0.5, 0.6) is 0 Å². The van der Waals surface area contributed by atoms with Crippen molar-refractivity contribution in [3.8, 4) is 0 Å². The molecule has 0 spiro atoms. The number of carboxylic acids is 1. The van der Waals surface area contributed by atoms with Gasteiger partial charge in [0, 0.05) is 19.3 Å². The number of nitrogens with one attached hydrogen (secondary N) is 2. The maximum atomic E-state index is 11.6. The molecule has 3 N–H and O–H groups in total. The number of ether oxygens (including phenoxy) is 1. The molecule has 1 rings (SSSR count). The third kappa shape index (κ3) is 5.78. The number of amides is 1. The number of pyridine rings is 1. The van der Waals surface area contributed by atoms with Gasteiger partial charge in [0.15, 0.2) is 0 Å². The number of aromatic nitrogens is 1. The van der Waals surface area contributed by atoms with Gasteiger partial charge in [0.2, 0.25) is 5.91 Å². The Morgan fingerprint density at radius 2 is 2.10 bits per heavy atom. The number of hydrogen-bond donors (Lipinski definition) is 3. The third-order valence-corrected chi connectivity index (χ3v) is 2.74. The minimum atomic E-state index is -1.02. The highest BCUT2D eigenvalue weighted by Gasteiger charge is 2.11. The summed E-state index contributed by atoms with van der Waals surface area (Å²) in [5.41, 5.74) is 0.813. The number of hydrogen-bond acceptors (Lipinski definition) is 5. The maximum Gasteiger partial charge on any atom is 0.335 e. The Kier molecular flexibility index (Phi) is 6.61. The summed E-state index contributed by atoms with van der Waals surface area (Å²) in [7, 11) is 1.55. The van der Waals surface area contributed by atoms with Crippen molar-refractivity contribution >= 4 is 17.7 Å². The molecule has 0 aliphatic heterocycles. The molecule has 7 nitrogen and oxygen atoms in total. The van der Waals surface area contributed by atoms with Gasteiger partial charge in [-0.1, -0.05) is 13.8 Å². The van der Waals surface area contributed by atoms with E-state index in [-0.39, 0.29) is 23.9 Å². The molecule has 0 unspecified atom stereocenters. The topological polar surface area (TPSA) is 101 Å². The van der Waals surface area contributed by atoms with Crippen LogP contribution in [-0.4, -0.2) is 48.8 Å². The molecule has 0 saturated heterocycles. The van der Waals surface area contributed by atoms with E-state index in [0.29, 0.717) is 24.7 Å². The second kappa shape index (κ2) is 8.21. The molecule has 1 amide bonds. The van der Waals surface area contributed by atoms with Crippen molar-refractivity contribution in [3.05, 3.63) is 23.4 Å². The van der Waals surface area contributed by atoms with Crippen LogP contribution in [0.3, 0.4) is 0 Å². The van der Waals surface area contributed by atoms with Crippen molar-refractivity contribution in [3.63, 3.8) is 0 Å². The zero-order valence-electron chi connectivity index (χ0n) is 12.5. The van der Waals surface area contributed by atoms with Gasteiger partial charge in [-0.25, -0.2) is 9.78 Å². The summed E-state index contributed by atoms with van der Waals surface area (Å²) < 4.78 is 4.83. The quantitative estimate of drug-likeness (QED) is 0.620. The predicted octanol–water partition coefficient (Wildman–Crippen LogP) is 1.08. The Morgan fingerprint density at radius 1 is 1.38 bits per heavy atom. The Hall–Kier alpha value is -2.15. The van der Waals surface area contributed by atoms with Crippen LogP contribution in [0.25, 0.3) is 0 Å². The molecule has 0 radical (unpaired) electrons. The summed E-state index contributed by atoms with van der Waals surface area (Å²) in [5, 5.41) is 14.6. The molecule has 1 heterocycles. The molecule has 0 fully saturated rings. The lowest BCUT2D eigenvalue weighted by Gasteiger charge is -2.11. The van der Waals surface area contributed by atoms with Gasteiger partial charge in [-0.2, -0.15) is 0 Å². The van der Waals surface area contributed by atoms with E-state index >= 15 is 0 Å². The number of carboxylic acid groups (broad SMARTS) is 1. The SMILES string of the molecule is COCCNC(=O)CNc1cc(C(=O)O)cc(C(C)C)n1. The maximum absolute atomic E-state index is 11.6. The molecule has 0 aliphatic carbocycles. The van der Waals surface area contributed by atoms with Crippen molar-refractivity contribution < 1.29 is 19.4 Å². The van der Waals surface area contributed by atoms with Crippen molar-refractivity contribution in [1.29, 1.82) is 0 Å². The van der Waals surface area contributed by atoms with E-state index in [1.807, 2.05) is 13.8 Å². The van der Waals surface area contributed by atoms with E-state index in [1.54, 1.807) is 7.11 Å². The molecule has 0 aliphatic rings. The summed E-state index contributed by atoms with van der Waals surface area (Å²) in [5.74, 6) is -0.756. The average molecular weight is 295 g/mol. The predicted molar refractivity (Wildman–Crippen MR) is 78.7 cm³/mol. The Balaban J connectivity index is 2.69. The van der Waals surface area contributed by atoms with Gasteiger partial charge in [-0.05, 0) is 18.1 Å². The highest BCUT2D eigenvalue weighted by atomic mass is 16.5. The van der Waals surface area contributed by atoms with Crippen LogP contribution >= 0.6 is 0 Å². The molecule has 116 valence electrons. The molecular weight excluding hydrogens is 274 g/mol. The minimum absolute atomic E-state index is 0.0251.